The van der Waals surface area contributed by atoms with Gasteiger partial charge in [-0.3, -0.25) is 4.90 Å². The number of cyclic esters (lactones) is 1. The molecule has 0 radical (unpaired) electrons. The third-order valence-corrected chi connectivity index (χ3v) is 2.93. The number of nitrogens with zero attached hydrogens (tertiary/aromatic N) is 2. The molecule has 1 fully saturated rings. The van der Waals surface area contributed by atoms with Crippen molar-refractivity contribution in [1.82, 2.24) is 5.32 Å². The summed E-state index contributed by atoms with van der Waals surface area (Å²) in [7, 11) is 1.44. The second-order valence-corrected chi connectivity index (χ2v) is 4.38. The first-order chi connectivity index (χ1) is 10.7. The number of ether oxygens (including phenoxy) is 3. The molecule has 2 amide bonds. The maximum absolute atomic E-state index is 12.0. The highest BCUT2D eigenvalue weighted by molar-refractivity contribution is 5.91. The molecular weight excluding hydrogens is 290 g/mol. The van der Waals surface area contributed by atoms with Gasteiger partial charge < -0.3 is 19.5 Å². The third-order valence-electron chi connectivity index (χ3n) is 2.93. The second kappa shape index (κ2) is 7.17. The molecule has 0 aliphatic carbocycles. The molecule has 1 N–H and O–H groups in total. The number of benzene rings is 1. The van der Waals surface area contributed by atoms with Crippen LogP contribution in [0.15, 0.2) is 24.3 Å². The predicted octanol–water partition coefficient (Wildman–Crippen LogP) is 1.27. The normalized spacial score (nSPS) is 16.6. The lowest BCUT2D eigenvalue weighted by Gasteiger charge is -2.16. The van der Waals surface area contributed by atoms with E-state index in [1.165, 1.54) is 11.9 Å². The topological polar surface area (TPSA) is 101 Å². The minimum Gasteiger partial charge on any atom is -0.477 e. The summed E-state index contributed by atoms with van der Waals surface area (Å²) in [5.74, 6) is 0.411. The Morgan fingerprint density at radius 1 is 1.55 bits per heavy atom. The molecule has 8 nitrogen and oxygen atoms in total. The first kappa shape index (κ1) is 15.4. The van der Waals surface area contributed by atoms with Crippen LogP contribution in [0.2, 0.25) is 0 Å². The molecule has 0 aromatic heterocycles. The van der Waals surface area contributed by atoms with Crippen LogP contribution in [0, 0.1) is 11.3 Å². The zero-order valence-electron chi connectivity index (χ0n) is 11.9. The van der Waals surface area contributed by atoms with Crippen molar-refractivity contribution in [2.75, 3.05) is 31.7 Å². The molecule has 1 atom stereocenters. The Kier molecular flexibility index (Phi) is 5.03. The molecule has 1 heterocycles. The number of para-hydroxylation sites is 2. The average molecular weight is 305 g/mol. The van der Waals surface area contributed by atoms with Crippen LogP contribution in [0.3, 0.4) is 0 Å². The summed E-state index contributed by atoms with van der Waals surface area (Å²) in [5, 5.41) is 10.9. The van der Waals surface area contributed by atoms with Crippen molar-refractivity contribution in [3.63, 3.8) is 0 Å². The van der Waals surface area contributed by atoms with E-state index in [1.54, 1.807) is 24.3 Å². The minimum absolute atomic E-state index is 0.0386. The highest BCUT2D eigenvalue weighted by Gasteiger charge is 2.34. The summed E-state index contributed by atoms with van der Waals surface area (Å²) in [6.45, 7) is 0.0645. The predicted molar refractivity (Wildman–Crippen MR) is 75.6 cm³/mol. The van der Waals surface area contributed by atoms with E-state index in [2.05, 4.69) is 5.32 Å². The fourth-order valence-corrected chi connectivity index (χ4v) is 1.96. The van der Waals surface area contributed by atoms with Crippen molar-refractivity contribution >= 4 is 17.9 Å². The van der Waals surface area contributed by atoms with Gasteiger partial charge in [0.05, 0.1) is 12.2 Å². The summed E-state index contributed by atoms with van der Waals surface area (Å²) in [6.07, 6.45) is -1.71. The van der Waals surface area contributed by atoms with E-state index in [4.69, 9.17) is 19.5 Å². The van der Waals surface area contributed by atoms with Crippen LogP contribution in [0.4, 0.5) is 15.3 Å². The van der Waals surface area contributed by atoms with Gasteiger partial charge in [-0.25, -0.2) is 9.59 Å². The Labute approximate surface area is 127 Å². The molecule has 2 rings (SSSR count). The number of amides is 2. The number of rotatable bonds is 5. The van der Waals surface area contributed by atoms with E-state index >= 15 is 0 Å². The Bertz CT molecular complexity index is 598. The summed E-state index contributed by atoms with van der Waals surface area (Å²) in [5.41, 5.74) is 0.505. The van der Waals surface area contributed by atoms with Crippen LogP contribution in [-0.2, 0) is 9.47 Å². The third kappa shape index (κ3) is 3.58. The number of carbonyl (C=O) groups is 2. The highest BCUT2D eigenvalue weighted by Crippen LogP contribution is 2.31. The maximum Gasteiger partial charge on any atom is 0.415 e. The molecule has 1 aromatic rings. The molecule has 1 saturated heterocycles. The molecule has 1 aliphatic heterocycles. The first-order valence-electron chi connectivity index (χ1n) is 6.57. The number of alkyl carbamates (subject to hydrolysis) is 1. The van der Waals surface area contributed by atoms with Crippen LogP contribution in [-0.4, -0.2) is 45.1 Å². The maximum atomic E-state index is 12.0. The number of carbonyl (C=O) groups excluding carboxylic acids is 2. The summed E-state index contributed by atoms with van der Waals surface area (Å²) in [6, 6.07) is 8.71. The van der Waals surface area contributed by atoms with Gasteiger partial charge >= 0.3 is 12.2 Å². The zero-order valence-corrected chi connectivity index (χ0v) is 11.9. The number of nitrogens with one attached hydrogen (secondary N) is 1. The molecular formula is C14H15N3O5. The van der Waals surface area contributed by atoms with Gasteiger partial charge in [0.1, 0.15) is 18.4 Å². The van der Waals surface area contributed by atoms with Gasteiger partial charge in [-0.1, -0.05) is 12.1 Å². The van der Waals surface area contributed by atoms with Crippen molar-refractivity contribution < 1.29 is 23.8 Å². The van der Waals surface area contributed by atoms with Crippen molar-refractivity contribution in [1.29, 1.82) is 5.26 Å². The summed E-state index contributed by atoms with van der Waals surface area (Å²) < 4.78 is 15.3. The largest absolute Gasteiger partial charge is 0.477 e. The van der Waals surface area contributed by atoms with Gasteiger partial charge in [0.25, 0.3) is 0 Å². The van der Waals surface area contributed by atoms with Crippen LogP contribution < -0.4 is 15.0 Å². The Morgan fingerprint density at radius 2 is 2.32 bits per heavy atom. The van der Waals surface area contributed by atoms with Crippen LogP contribution in [0.25, 0.3) is 0 Å². The van der Waals surface area contributed by atoms with Crippen molar-refractivity contribution in [3.8, 4) is 11.8 Å². The first-order valence-corrected chi connectivity index (χ1v) is 6.57. The fraction of sp³-hybridized carbons (Fsp3) is 0.357. The zero-order chi connectivity index (χ0) is 15.9. The fourth-order valence-electron chi connectivity index (χ4n) is 1.96. The number of nitriles is 1. The van der Waals surface area contributed by atoms with E-state index < -0.39 is 18.3 Å². The van der Waals surface area contributed by atoms with Gasteiger partial charge in [-0.15, -0.1) is 0 Å². The van der Waals surface area contributed by atoms with Gasteiger partial charge in [0.2, 0.25) is 0 Å². The quantitative estimate of drug-likeness (QED) is 0.879. The highest BCUT2D eigenvalue weighted by atomic mass is 16.6. The lowest BCUT2D eigenvalue weighted by Crippen LogP contribution is -2.29. The lowest BCUT2D eigenvalue weighted by atomic mass is 10.2. The number of hydrogen-bond donors (Lipinski definition) is 1. The van der Waals surface area contributed by atoms with E-state index in [9.17, 15) is 9.59 Å². The van der Waals surface area contributed by atoms with Gasteiger partial charge in [0, 0.05) is 7.05 Å². The van der Waals surface area contributed by atoms with Crippen LogP contribution in [0.5, 0.6) is 5.75 Å². The van der Waals surface area contributed by atoms with E-state index in [1.807, 2.05) is 6.07 Å². The van der Waals surface area contributed by atoms with Gasteiger partial charge in [-0.2, -0.15) is 5.26 Å². The molecule has 116 valence electrons. The molecule has 1 aliphatic rings. The number of anilines is 1. The summed E-state index contributed by atoms with van der Waals surface area (Å²) in [4.78, 5) is 24.4. The summed E-state index contributed by atoms with van der Waals surface area (Å²) >= 11 is 0. The van der Waals surface area contributed by atoms with Crippen molar-refractivity contribution in [2.45, 2.75) is 6.10 Å². The second-order valence-electron chi connectivity index (χ2n) is 4.38. The van der Waals surface area contributed by atoms with Crippen molar-refractivity contribution in [3.05, 3.63) is 24.3 Å². The monoisotopic (exact) mass is 305 g/mol. The molecule has 0 spiro atoms. The van der Waals surface area contributed by atoms with E-state index in [-0.39, 0.29) is 19.8 Å². The van der Waals surface area contributed by atoms with Gasteiger partial charge in [0.15, 0.2) is 12.7 Å². The molecule has 22 heavy (non-hydrogen) atoms. The molecule has 0 saturated carbocycles. The lowest BCUT2D eigenvalue weighted by molar-refractivity contribution is 0.0745. The van der Waals surface area contributed by atoms with Crippen LogP contribution >= 0.6 is 0 Å². The molecule has 1 aromatic carbocycles. The van der Waals surface area contributed by atoms with Crippen molar-refractivity contribution in [2.24, 2.45) is 0 Å². The smallest absolute Gasteiger partial charge is 0.415 e. The Hall–Kier alpha value is -2.95. The SMILES string of the molecule is CNC(=O)OCC1CN(c2ccccc2OCC#N)C(=O)O1. The Morgan fingerprint density at radius 3 is 3.05 bits per heavy atom. The van der Waals surface area contributed by atoms with E-state index in [0.717, 1.165) is 0 Å². The van der Waals surface area contributed by atoms with Gasteiger partial charge in [-0.05, 0) is 12.1 Å². The molecule has 8 heteroatoms. The molecule has 0 bridgehead atoms. The van der Waals surface area contributed by atoms with E-state index in [0.29, 0.717) is 11.4 Å². The average Bonchev–Trinajstić information content (AvgIpc) is 2.91. The molecule has 1 unspecified atom stereocenters. The number of hydrogen-bond acceptors (Lipinski definition) is 6. The minimum atomic E-state index is -0.591. The van der Waals surface area contributed by atoms with Crippen LogP contribution in [0.1, 0.15) is 0 Å². The Balaban J connectivity index is 2.05. The standard InChI is InChI=1S/C14H15N3O5/c1-16-13(18)21-9-10-8-17(14(19)22-10)11-4-2-3-5-12(11)20-7-6-15/h2-5,10H,7-9H2,1H3,(H,16,18).